The second kappa shape index (κ2) is 8.97. The molecule has 0 spiro atoms. The number of benzene rings is 2. The van der Waals surface area contributed by atoms with Gasteiger partial charge in [0.05, 0.1) is 16.7 Å². The summed E-state index contributed by atoms with van der Waals surface area (Å²) in [5, 5.41) is 17.8. The third kappa shape index (κ3) is 5.51. The molecule has 1 N–H and O–H groups in total. The molecule has 0 atom stereocenters. The highest BCUT2D eigenvalue weighted by molar-refractivity contribution is 5.91. The van der Waals surface area contributed by atoms with Crippen LogP contribution in [-0.2, 0) is 11.3 Å². The van der Waals surface area contributed by atoms with Gasteiger partial charge in [0.1, 0.15) is 23.7 Å². The van der Waals surface area contributed by atoms with Crippen LogP contribution in [0.2, 0.25) is 0 Å². The van der Waals surface area contributed by atoms with Crippen LogP contribution in [0.5, 0.6) is 11.5 Å². The van der Waals surface area contributed by atoms with E-state index in [0.29, 0.717) is 11.4 Å². The Kier molecular flexibility index (Phi) is 6.08. The van der Waals surface area contributed by atoms with E-state index in [-0.39, 0.29) is 35.3 Å². The van der Waals surface area contributed by atoms with Crippen molar-refractivity contribution in [3.05, 3.63) is 75.1 Å². The summed E-state index contributed by atoms with van der Waals surface area (Å²) in [6, 6.07) is 10.8. The van der Waals surface area contributed by atoms with Gasteiger partial charge < -0.3 is 10.1 Å². The summed E-state index contributed by atoms with van der Waals surface area (Å²) in [5.41, 5.74) is 2.06. The van der Waals surface area contributed by atoms with Gasteiger partial charge in [0.25, 0.3) is 12.1 Å². The molecule has 0 unspecified atom stereocenters. The topological polar surface area (TPSA) is 99.3 Å². The van der Waals surface area contributed by atoms with Crippen LogP contribution in [-0.4, -0.2) is 20.6 Å². The van der Waals surface area contributed by atoms with Gasteiger partial charge in [-0.15, -0.1) is 0 Å². The Hall–Kier alpha value is -3.82. The average Bonchev–Trinajstić information content (AvgIpc) is 3.47. The molecule has 0 bridgehead atoms. The summed E-state index contributed by atoms with van der Waals surface area (Å²) in [7, 11) is 0. The van der Waals surface area contributed by atoms with Gasteiger partial charge in [-0.3, -0.25) is 19.6 Å². The van der Waals surface area contributed by atoms with Crippen LogP contribution < -0.4 is 10.1 Å². The fraction of sp³-hybridized carbons (Fsp3) is 0.304. The summed E-state index contributed by atoms with van der Waals surface area (Å²) in [5.74, 6) is 0.268. The van der Waals surface area contributed by atoms with Gasteiger partial charge in [0.2, 0.25) is 5.91 Å². The number of aryl methyl sites for hydroxylation is 2. The largest absolute Gasteiger partial charge is 0.457 e. The van der Waals surface area contributed by atoms with Crippen molar-refractivity contribution < 1.29 is 23.2 Å². The lowest BCUT2D eigenvalue weighted by molar-refractivity contribution is -0.384. The minimum absolute atomic E-state index is 0.119. The zero-order valence-corrected chi connectivity index (χ0v) is 18.0. The van der Waals surface area contributed by atoms with Crippen molar-refractivity contribution in [2.45, 2.75) is 45.6 Å². The number of carbonyl (C=O) groups excluding carboxylic acids is 1. The van der Waals surface area contributed by atoms with Crippen LogP contribution in [0.25, 0.3) is 0 Å². The van der Waals surface area contributed by atoms with Crippen molar-refractivity contribution in [3.8, 4) is 11.5 Å². The first-order chi connectivity index (χ1) is 15.7. The monoisotopic (exact) mass is 456 g/mol. The number of aromatic nitrogens is 2. The number of non-ortho nitro benzene ring substituents is 1. The van der Waals surface area contributed by atoms with Crippen molar-refractivity contribution in [2.75, 3.05) is 5.32 Å². The lowest BCUT2D eigenvalue weighted by Gasteiger charge is -2.11. The van der Waals surface area contributed by atoms with Gasteiger partial charge in [-0.2, -0.15) is 5.10 Å². The number of nitro benzene ring substituents is 1. The molecule has 2 aromatic carbocycles. The van der Waals surface area contributed by atoms with E-state index in [1.165, 1.54) is 28.9 Å². The molecule has 0 aliphatic heterocycles. The highest BCUT2D eigenvalue weighted by atomic mass is 19.3. The summed E-state index contributed by atoms with van der Waals surface area (Å²) < 4.78 is 33.2. The van der Waals surface area contributed by atoms with E-state index in [1.807, 2.05) is 19.9 Å². The quantitative estimate of drug-likeness (QED) is 0.349. The SMILES string of the molecule is Cc1cc(C)cc(Oc2cc(NC(=O)Cn3nc(C(F)F)cc3C3CC3)cc([N+](=O)[O-])c2)c1. The number of nitro groups is 1. The minimum atomic E-state index is -2.73. The summed E-state index contributed by atoms with van der Waals surface area (Å²) in [6.45, 7) is 3.53. The Labute approximate surface area is 188 Å². The predicted molar refractivity (Wildman–Crippen MR) is 117 cm³/mol. The molecule has 33 heavy (non-hydrogen) atoms. The summed E-state index contributed by atoms with van der Waals surface area (Å²) in [4.78, 5) is 23.4. The normalized spacial score (nSPS) is 13.2. The number of alkyl halides is 2. The molecule has 10 heteroatoms. The highest BCUT2D eigenvalue weighted by Crippen LogP contribution is 2.41. The maximum Gasteiger partial charge on any atom is 0.282 e. The zero-order chi connectivity index (χ0) is 23.7. The molecule has 8 nitrogen and oxygen atoms in total. The second-order valence-corrected chi connectivity index (χ2v) is 8.17. The minimum Gasteiger partial charge on any atom is -0.457 e. The molecule has 1 aliphatic carbocycles. The molecule has 172 valence electrons. The predicted octanol–water partition coefficient (Wildman–Crippen LogP) is 5.65. The van der Waals surface area contributed by atoms with Crippen molar-refractivity contribution in [1.29, 1.82) is 0 Å². The number of hydrogen-bond acceptors (Lipinski definition) is 5. The van der Waals surface area contributed by atoms with Gasteiger partial charge in [-0.05, 0) is 56.0 Å². The molecule has 1 saturated carbocycles. The number of hydrogen-bond donors (Lipinski definition) is 1. The van der Waals surface area contributed by atoms with E-state index in [1.54, 1.807) is 12.1 Å². The smallest absolute Gasteiger partial charge is 0.282 e. The van der Waals surface area contributed by atoms with Crippen molar-refractivity contribution in [2.24, 2.45) is 0 Å². The van der Waals surface area contributed by atoms with Gasteiger partial charge in [0.15, 0.2) is 0 Å². The fourth-order valence-corrected chi connectivity index (χ4v) is 3.68. The van der Waals surface area contributed by atoms with E-state index in [4.69, 9.17) is 4.74 Å². The number of amides is 1. The molecule has 3 aromatic rings. The Morgan fingerprint density at radius 2 is 1.82 bits per heavy atom. The number of rotatable bonds is 8. The maximum absolute atomic E-state index is 13.1. The highest BCUT2D eigenvalue weighted by Gasteiger charge is 2.30. The Bertz CT molecular complexity index is 1200. The van der Waals surface area contributed by atoms with E-state index in [0.717, 1.165) is 24.0 Å². The first kappa shape index (κ1) is 22.4. The van der Waals surface area contributed by atoms with Gasteiger partial charge >= 0.3 is 0 Å². The van der Waals surface area contributed by atoms with Crippen LogP contribution >= 0.6 is 0 Å². The molecule has 1 heterocycles. The van der Waals surface area contributed by atoms with Gasteiger partial charge in [-0.1, -0.05) is 6.07 Å². The molecule has 1 fully saturated rings. The van der Waals surface area contributed by atoms with Crippen LogP contribution in [0, 0.1) is 24.0 Å². The molecule has 1 amide bonds. The number of halogens is 2. The third-order valence-electron chi connectivity index (χ3n) is 5.16. The Morgan fingerprint density at radius 1 is 1.15 bits per heavy atom. The first-order valence-electron chi connectivity index (χ1n) is 10.4. The number of ether oxygens (including phenoxy) is 1. The second-order valence-electron chi connectivity index (χ2n) is 8.17. The molecular formula is C23H22F2N4O4. The molecule has 4 rings (SSSR count). The summed E-state index contributed by atoms with van der Waals surface area (Å²) >= 11 is 0. The lowest BCUT2D eigenvalue weighted by atomic mass is 10.1. The Balaban J connectivity index is 1.55. The van der Waals surface area contributed by atoms with Crippen LogP contribution in [0.3, 0.4) is 0 Å². The van der Waals surface area contributed by atoms with Gasteiger partial charge in [-0.25, -0.2) is 8.78 Å². The molecule has 0 radical (unpaired) electrons. The summed E-state index contributed by atoms with van der Waals surface area (Å²) in [6.07, 6.45) is -1.01. The number of nitrogens with one attached hydrogen (secondary N) is 1. The Morgan fingerprint density at radius 3 is 2.42 bits per heavy atom. The van der Waals surface area contributed by atoms with E-state index in [9.17, 15) is 23.7 Å². The van der Waals surface area contributed by atoms with E-state index < -0.39 is 17.3 Å². The molecular weight excluding hydrogens is 434 g/mol. The lowest BCUT2D eigenvalue weighted by Crippen LogP contribution is -2.21. The molecule has 1 aliphatic rings. The number of carbonyl (C=O) groups is 1. The zero-order valence-electron chi connectivity index (χ0n) is 18.0. The molecule has 0 saturated heterocycles. The number of nitrogens with zero attached hydrogens (tertiary/aromatic N) is 3. The average molecular weight is 456 g/mol. The fourth-order valence-electron chi connectivity index (χ4n) is 3.68. The van der Waals surface area contributed by atoms with Gasteiger partial charge in [0, 0.05) is 23.7 Å². The third-order valence-corrected chi connectivity index (χ3v) is 5.16. The maximum atomic E-state index is 13.1. The van der Waals surface area contributed by atoms with Crippen molar-refractivity contribution in [1.82, 2.24) is 9.78 Å². The van der Waals surface area contributed by atoms with Crippen LogP contribution in [0.1, 0.15) is 47.7 Å². The van der Waals surface area contributed by atoms with Crippen LogP contribution in [0.4, 0.5) is 20.2 Å². The van der Waals surface area contributed by atoms with Crippen molar-refractivity contribution >= 4 is 17.3 Å². The first-order valence-corrected chi connectivity index (χ1v) is 10.4. The van der Waals surface area contributed by atoms with Crippen molar-refractivity contribution in [3.63, 3.8) is 0 Å². The number of anilines is 1. The standard InChI is InChI=1S/C23H22F2N4O4/c1-13-5-14(2)7-18(6-13)33-19-9-16(8-17(10-19)29(31)32)26-22(30)12-28-21(15-3-4-15)11-20(27-28)23(24)25/h5-11,15,23H,3-4,12H2,1-2H3,(H,26,30). The van der Waals surface area contributed by atoms with Crippen LogP contribution in [0.15, 0.2) is 42.5 Å². The molecule has 1 aromatic heterocycles. The van der Waals surface area contributed by atoms with E-state index >= 15 is 0 Å². The van der Waals surface area contributed by atoms with E-state index in [2.05, 4.69) is 10.4 Å².